The molecule has 1 saturated heterocycles. The van der Waals surface area contributed by atoms with Gasteiger partial charge in [0.15, 0.2) is 0 Å². The molecule has 0 atom stereocenters. The van der Waals surface area contributed by atoms with Gasteiger partial charge in [0.1, 0.15) is 11.0 Å². The molecule has 6 heteroatoms. The highest BCUT2D eigenvalue weighted by Gasteiger charge is 2.19. The van der Waals surface area contributed by atoms with E-state index in [0.29, 0.717) is 43.0 Å². The van der Waals surface area contributed by atoms with Crippen LogP contribution in [0.5, 0.6) is 0 Å². The predicted molar refractivity (Wildman–Crippen MR) is 108 cm³/mol. The largest absolute Gasteiger partial charge is 0.381 e. The van der Waals surface area contributed by atoms with Crippen molar-refractivity contribution in [2.24, 2.45) is 4.99 Å². The number of halogens is 2. The first-order valence-corrected chi connectivity index (χ1v) is 9.48. The molecule has 1 aliphatic heterocycles. The lowest BCUT2D eigenvalue weighted by Crippen LogP contribution is -2.17. The van der Waals surface area contributed by atoms with Crippen LogP contribution in [0.4, 0.5) is 4.39 Å². The van der Waals surface area contributed by atoms with Gasteiger partial charge in [0.05, 0.1) is 18.8 Å². The molecule has 1 aromatic heterocycles. The number of benzene rings is 2. The Balaban J connectivity index is 1.77. The minimum Gasteiger partial charge on any atom is -0.381 e. The summed E-state index contributed by atoms with van der Waals surface area (Å²) in [4.78, 5) is 21.0. The molecule has 4 rings (SSSR count). The highest BCUT2D eigenvalue weighted by molar-refractivity contribution is 6.29. The van der Waals surface area contributed by atoms with E-state index in [-0.39, 0.29) is 5.56 Å². The number of hydrogen-bond acceptors (Lipinski definition) is 3. The molecular formula is C22H18ClFN2O2. The van der Waals surface area contributed by atoms with Crippen LogP contribution < -0.4 is 0 Å². The van der Waals surface area contributed by atoms with Gasteiger partial charge in [0, 0.05) is 30.1 Å². The Hall–Kier alpha value is -2.63. The number of rotatable bonds is 3. The molecule has 142 valence electrons. The van der Waals surface area contributed by atoms with E-state index in [1.165, 1.54) is 0 Å². The Labute approximate surface area is 167 Å². The van der Waals surface area contributed by atoms with Crippen LogP contribution in [-0.4, -0.2) is 29.8 Å². The maximum Gasteiger partial charge on any atom is 0.279 e. The Morgan fingerprint density at radius 3 is 2.61 bits per heavy atom. The van der Waals surface area contributed by atoms with Crippen molar-refractivity contribution in [3.63, 3.8) is 0 Å². The van der Waals surface area contributed by atoms with Crippen molar-refractivity contribution in [1.29, 1.82) is 0 Å². The zero-order valence-electron chi connectivity index (χ0n) is 15.1. The predicted octanol–water partition coefficient (Wildman–Crippen LogP) is 5.01. The summed E-state index contributed by atoms with van der Waals surface area (Å²) < 4.78 is 20.4. The monoisotopic (exact) mass is 396 g/mol. The zero-order valence-corrected chi connectivity index (χ0v) is 15.9. The molecule has 0 spiro atoms. The van der Waals surface area contributed by atoms with Gasteiger partial charge in [-0.25, -0.2) is 14.4 Å². The molecule has 1 amide bonds. The number of aliphatic imine (C=N–C) groups is 1. The molecule has 0 radical (unpaired) electrons. The second-order valence-electron chi connectivity index (χ2n) is 6.70. The standard InChI is InChI=1S/C22H18ClFN2O2/c23-20-6-5-14(13-25-20)11-15-12-19(21(24)18-4-2-1-3-17(15)18)22(27)26-16-7-9-28-10-8-16/h1-6,12-13H,7-11H2. The summed E-state index contributed by atoms with van der Waals surface area (Å²) in [5, 5.41) is 1.60. The summed E-state index contributed by atoms with van der Waals surface area (Å²) in [5.74, 6) is -1.08. The second-order valence-corrected chi connectivity index (χ2v) is 7.09. The molecule has 1 aliphatic rings. The third-order valence-electron chi connectivity index (χ3n) is 4.81. The number of nitrogens with zero attached hydrogens (tertiary/aromatic N) is 2. The summed E-state index contributed by atoms with van der Waals surface area (Å²) in [6.45, 7) is 1.09. The fourth-order valence-corrected chi connectivity index (χ4v) is 3.48. The normalized spacial score (nSPS) is 14.3. The van der Waals surface area contributed by atoms with Crippen molar-refractivity contribution in [2.45, 2.75) is 19.3 Å². The lowest BCUT2D eigenvalue weighted by Gasteiger charge is -2.14. The quantitative estimate of drug-likeness (QED) is 0.585. The average Bonchev–Trinajstić information content (AvgIpc) is 2.72. The summed E-state index contributed by atoms with van der Waals surface area (Å²) in [6, 6.07) is 12.4. The van der Waals surface area contributed by atoms with Gasteiger partial charge in [-0.15, -0.1) is 0 Å². The maximum absolute atomic E-state index is 15.1. The van der Waals surface area contributed by atoms with Crippen molar-refractivity contribution >= 4 is 34.0 Å². The topological polar surface area (TPSA) is 51.5 Å². The molecule has 1 fully saturated rings. The molecule has 0 unspecified atom stereocenters. The van der Waals surface area contributed by atoms with Crippen molar-refractivity contribution in [3.8, 4) is 0 Å². The van der Waals surface area contributed by atoms with Crippen LogP contribution in [0.2, 0.25) is 5.15 Å². The number of amides is 1. The number of carbonyl (C=O) groups is 1. The van der Waals surface area contributed by atoms with Crippen LogP contribution in [0.1, 0.15) is 34.3 Å². The van der Waals surface area contributed by atoms with Crippen LogP contribution in [0.25, 0.3) is 10.8 Å². The van der Waals surface area contributed by atoms with Crippen molar-refractivity contribution in [3.05, 3.63) is 76.3 Å². The lowest BCUT2D eigenvalue weighted by atomic mass is 9.95. The molecular weight excluding hydrogens is 379 g/mol. The van der Waals surface area contributed by atoms with Gasteiger partial charge < -0.3 is 4.74 Å². The Morgan fingerprint density at radius 2 is 1.89 bits per heavy atom. The van der Waals surface area contributed by atoms with Gasteiger partial charge in [0.25, 0.3) is 5.91 Å². The van der Waals surface area contributed by atoms with E-state index < -0.39 is 11.7 Å². The SMILES string of the molecule is O=C(N=C1CCOCC1)c1cc(Cc2ccc(Cl)nc2)c2ccccc2c1F. The van der Waals surface area contributed by atoms with E-state index in [4.69, 9.17) is 16.3 Å². The third kappa shape index (κ3) is 3.96. The second kappa shape index (κ2) is 8.17. The Morgan fingerprint density at radius 1 is 1.14 bits per heavy atom. The van der Waals surface area contributed by atoms with Crippen LogP contribution in [0, 0.1) is 5.82 Å². The molecule has 0 aliphatic carbocycles. The smallest absolute Gasteiger partial charge is 0.279 e. The van der Waals surface area contributed by atoms with Gasteiger partial charge in [-0.1, -0.05) is 41.9 Å². The molecule has 0 saturated carbocycles. The number of pyridine rings is 1. The maximum atomic E-state index is 15.1. The zero-order chi connectivity index (χ0) is 19.5. The highest BCUT2D eigenvalue weighted by atomic mass is 35.5. The summed E-state index contributed by atoms with van der Waals surface area (Å²) in [7, 11) is 0. The number of carbonyl (C=O) groups excluding carboxylic acids is 1. The van der Waals surface area contributed by atoms with Gasteiger partial charge in [-0.2, -0.15) is 0 Å². The number of aromatic nitrogens is 1. The van der Waals surface area contributed by atoms with Gasteiger partial charge in [0.2, 0.25) is 0 Å². The van der Waals surface area contributed by atoms with Crippen molar-refractivity contribution in [1.82, 2.24) is 4.98 Å². The van der Waals surface area contributed by atoms with Crippen LogP contribution >= 0.6 is 11.6 Å². The number of ether oxygens (including phenoxy) is 1. The molecule has 0 bridgehead atoms. The van der Waals surface area contributed by atoms with E-state index in [1.807, 2.05) is 18.2 Å². The summed E-state index contributed by atoms with van der Waals surface area (Å²) >= 11 is 5.86. The Bertz CT molecular complexity index is 1060. The molecule has 3 aromatic rings. The fourth-order valence-electron chi connectivity index (χ4n) is 3.37. The highest BCUT2D eigenvalue weighted by Crippen LogP contribution is 2.28. The first kappa shape index (κ1) is 18.7. The van der Waals surface area contributed by atoms with Crippen molar-refractivity contribution < 1.29 is 13.9 Å². The minimum atomic E-state index is -0.546. The molecule has 2 heterocycles. The number of fused-ring (bicyclic) bond motifs is 1. The van der Waals surface area contributed by atoms with E-state index in [9.17, 15) is 4.79 Å². The van der Waals surface area contributed by atoms with E-state index in [0.717, 1.165) is 22.2 Å². The molecule has 4 nitrogen and oxygen atoms in total. The molecule has 2 aromatic carbocycles. The first-order valence-electron chi connectivity index (χ1n) is 9.11. The lowest BCUT2D eigenvalue weighted by molar-refractivity contribution is 0.0995. The van der Waals surface area contributed by atoms with Gasteiger partial charge in [-0.3, -0.25) is 4.79 Å². The van der Waals surface area contributed by atoms with Crippen LogP contribution in [-0.2, 0) is 11.2 Å². The van der Waals surface area contributed by atoms with Gasteiger partial charge >= 0.3 is 0 Å². The molecule has 0 N–H and O–H groups in total. The number of hydrogen-bond donors (Lipinski definition) is 0. The van der Waals surface area contributed by atoms with Gasteiger partial charge in [-0.05, 0) is 35.1 Å². The molecule has 28 heavy (non-hydrogen) atoms. The fraction of sp³-hybridized carbons (Fsp3) is 0.227. The first-order chi connectivity index (χ1) is 13.6. The van der Waals surface area contributed by atoms with Crippen molar-refractivity contribution in [2.75, 3.05) is 13.2 Å². The van der Waals surface area contributed by atoms with E-state index >= 15 is 4.39 Å². The minimum absolute atomic E-state index is 0.00499. The van der Waals surface area contributed by atoms with Crippen LogP contribution in [0.3, 0.4) is 0 Å². The average molecular weight is 397 g/mol. The Kier molecular flexibility index (Phi) is 5.46. The van der Waals surface area contributed by atoms with Crippen LogP contribution in [0.15, 0.2) is 53.7 Å². The van der Waals surface area contributed by atoms with E-state index in [1.54, 1.807) is 30.5 Å². The third-order valence-corrected chi connectivity index (χ3v) is 5.03. The summed E-state index contributed by atoms with van der Waals surface area (Å²) in [5.41, 5.74) is 2.52. The summed E-state index contributed by atoms with van der Waals surface area (Å²) in [6.07, 6.45) is 3.40. The van der Waals surface area contributed by atoms with E-state index in [2.05, 4.69) is 9.98 Å².